The van der Waals surface area contributed by atoms with Crippen LogP contribution in [0.5, 0.6) is 0 Å². The van der Waals surface area contributed by atoms with E-state index in [1.807, 2.05) is 0 Å². The Hall–Kier alpha value is -1.22. The molecular weight excluding hydrogens is 210 g/mol. The number of nitrogens with one attached hydrogen (secondary N) is 1. The molecule has 0 amide bonds. The smallest absolute Gasteiger partial charge is 0.0624 e. The minimum Gasteiger partial charge on any atom is -0.381 e. The lowest BCUT2D eigenvalue weighted by Crippen LogP contribution is -2.55. The Labute approximate surface area is 104 Å². The highest BCUT2D eigenvalue weighted by Gasteiger charge is 2.34. The molecule has 1 aliphatic rings. The van der Waals surface area contributed by atoms with Crippen LogP contribution in [-0.4, -0.2) is 18.1 Å². The van der Waals surface area contributed by atoms with E-state index in [-0.39, 0.29) is 5.54 Å². The number of anilines is 2. The minimum absolute atomic E-state index is 0.133. The van der Waals surface area contributed by atoms with E-state index in [0.29, 0.717) is 12.6 Å². The molecule has 94 valence electrons. The minimum atomic E-state index is 0.133. The van der Waals surface area contributed by atoms with Crippen LogP contribution in [0, 0.1) is 0 Å². The molecule has 1 aromatic rings. The van der Waals surface area contributed by atoms with Gasteiger partial charge in [-0.15, -0.1) is 0 Å². The summed E-state index contributed by atoms with van der Waals surface area (Å²) in [5, 5.41) is 3.54. The molecule has 1 heterocycles. The van der Waals surface area contributed by atoms with E-state index in [9.17, 15) is 0 Å². The van der Waals surface area contributed by atoms with Crippen molar-refractivity contribution in [2.45, 2.75) is 45.8 Å². The zero-order valence-electron chi connectivity index (χ0n) is 11.2. The maximum atomic E-state index is 5.80. The van der Waals surface area contributed by atoms with Gasteiger partial charge in [-0.1, -0.05) is 12.1 Å². The van der Waals surface area contributed by atoms with Gasteiger partial charge in [-0.05, 0) is 39.3 Å². The average Bonchev–Trinajstić information content (AvgIpc) is 2.26. The molecule has 0 unspecified atom stereocenters. The number of rotatable bonds is 2. The molecule has 0 fully saturated rings. The summed E-state index contributed by atoms with van der Waals surface area (Å²) in [7, 11) is 0. The number of nitrogens with two attached hydrogens (primary N) is 1. The second-order valence-electron chi connectivity index (χ2n) is 5.65. The summed E-state index contributed by atoms with van der Waals surface area (Å²) in [6.07, 6.45) is 0. The van der Waals surface area contributed by atoms with Crippen LogP contribution < -0.4 is 16.0 Å². The van der Waals surface area contributed by atoms with Crippen molar-refractivity contribution in [3.05, 3.63) is 23.8 Å². The van der Waals surface area contributed by atoms with Gasteiger partial charge in [-0.2, -0.15) is 0 Å². The predicted octanol–water partition coefficient (Wildman–Crippen LogP) is 2.56. The Morgan fingerprint density at radius 2 is 2.12 bits per heavy atom. The van der Waals surface area contributed by atoms with Crippen LogP contribution in [0.25, 0.3) is 0 Å². The van der Waals surface area contributed by atoms with Crippen molar-refractivity contribution in [1.82, 2.24) is 0 Å². The number of hydrogen-bond donors (Lipinski definition) is 2. The Kier molecular flexibility index (Phi) is 3.04. The molecule has 3 heteroatoms. The second-order valence-corrected chi connectivity index (χ2v) is 5.65. The molecule has 1 aromatic carbocycles. The summed E-state index contributed by atoms with van der Waals surface area (Å²) in [4.78, 5) is 2.48. The molecule has 0 atom stereocenters. The fourth-order valence-corrected chi connectivity index (χ4v) is 2.85. The third-order valence-electron chi connectivity index (χ3n) is 3.47. The van der Waals surface area contributed by atoms with E-state index in [1.54, 1.807) is 0 Å². The van der Waals surface area contributed by atoms with Gasteiger partial charge in [-0.25, -0.2) is 0 Å². The predicted molar refractivity (Wildman–Crippen MR) is 74.5 cm³/mol. The van der Waals surface area contributed by atoms with Gasteiger partial charge in [0.2, 0.25) is 0 Å². The largest absolute Gasteiger partial charge is 0.381 e. The number of benzene rings is 1. The van der Waals surface area contributed by atoms with Crippen LogP contribution in [0.4, 0.5) is 11.4 Å². The van der Waals surface area contributed by atoms with Crippen LogP contribution in [0.3, 0.4) is 0 Å². The van der Waals surface area contributed by atoms with Crippen LogP contribution in [0.1, 0.15) is 33.3 Å². The molecule has 0 spiro atoms. The lowest BCUT2D eigenvalue weighted by atomic mass is 9.94. The fourth-order valence-electron chi connectivity index (χ4n) is 2.85. The van der Waals surface area contributed by atoms with E-state index in [1.165, 1.54) is 16.9 Å². The summed E-state index contributed by atoms with van der Waals surface area (Å²) in [5.74, 6) is 0. The normalized spacial score (nSPS) is 17.9. The van der Waals surface area contributed by atoms with Crippen molar-refractivity contribution in [1.29, 1.82) is 0 Å². The number of fused-ring (bicyclic) bond motifs is 1. The van der Waals surface area contributed by atoms with Gasteiger partial charge >= 0.3 is 0 Å². The lowest BCUT2D eigenvalue weighted by molar-refractivity contribution is 0.438. The maximum absolute atomic E-state index is 5.80. The van der Waals surface area contributed by atoms with Crippen LogP contribution in [0.15, 0.2) is 18.2 Å². The Balaban J connectivity index is 2.54. The standard InChI is InChI=1S/C14H23N3/c1-10(2)17-12-7-5-6-11(8-15)13(12)16-9-14(17,3)4/h5-7,10,16H,8-9,15H2,1-4H3. The molecule has 0 saturated carbocycles. The van der Waals surface area contributed by atoms with Crippen molar-refractivity contribution >= 4 is 11.4 Å². The molecule has 0 aromatic heterocycles. The fraction of sp³-hybridized carbons (Fsp3) is 0.571. The Morgan fingerprint density at radius 3 is 2.71 bits per heavy atom. The van der Waals surface area contributed by atoms with E-state index >= 15 is 0 Å². The average molecular weight is 233 g/mol. The lowest BCUT2D eigenvalue weighted by Gasteiger charge is -2.48. The van der Waals surface area contributed by atoms with Gasteiger partial charge in [0, 0.05) is 19.1 Å². The molecule has 3 N–H and O–H groups in total. The first kappa shape index (κ1) is 12.2. The van der Waals surface area contributed by atoms with Gasteiger partial charge in [0.25, 0.3) is 0 Å². The Bertz CT molecular complexity index is 410. The monoisotopic (exact) mass is 233 g/mol. The van der Waals surface area contributed by atoms with E-state index in [2.05, 4.69) is 56.1 Å². The molecule has 0 radical (unpaired) electrons. The number of nitrogens with zero attached hydrogens (tertiary/aromatic N) is 1. The summed E-state index contributed by atoms with van der Waals surface area (Å²) in [6.45, 7) is 10.6. The van der Waals surface area contributed by atoms with Crippen LogP contribution in [0.2, 0.25) is 0 Å². The molecule has 3 nitrogen and oxygen atoms in total. The van der Waals surface area contributed by atoms with Crippen molar-refractivity contribution < 1.29 is 0 Å². The molecular formula is C14H23N3. The second kappa shape index (κ2) is 4.22. The SMILES string of the molecule is CC(C)N1c2cccc(CN)c2NCC1(C)C. The van der Waals surface area contributed by atoms with E-state index in [4.69, 9.17) is 5.73 Å². The highest BCUT2D eigenvalue weighted by molar-refractivity contribution is 5.77. The topological polar surface area (TPSA) is 41.3 Å². The van der Waals surface area contributed by atoms with Gasteiger partial charge in [0.1, 0.15) is 0 Å². The third kappa shape index (κ3) is 2.00. The summed E-state index contributed by atoms with van der Waals surface area (Å²) in [5.41, 5.74) is 9.62. The van der Waals surface area contributed by atoms with Crippen molar-refractivity contribution in [2.75, 3.05) is 16.8 Å². The zero-order chi connectivity index (χ0) is 12.6. The molecule has 0 saturated heterocycles. The number of hydrogen-bond acceptors (Lipinski definition) is 3. The van der Waals surface area contributed by atoms with Gasteiger partial charge in [0.05, 0.1) is 16.9 Å². The van der Waals surface area contributed by atoms with Crippen molar-refractivity contribution in [3.63, 3.8) is 0 Å². The van der Waals surface area contributed by atoms with E-state index in [0.717, 1.165) is 6.54 Å². The first-order valence-electron chi connectivity index (χ1n) is 6.32. The Morgan fingerprint density at radius 1 is 1.41 bits per heavy atom. The van der Waals surface area contributed by atoms with Crippen LogP contribution in [-0.2, 0) is 6.54 Å². The number of para-hydroxylation sites is 1. The van der Waals surface area contributed by atoms with Gasteiger partial charge < -0.3 is 16.0 Å². The maximum Gasteiger partial charge on any atom is 0.0624 e. The van der Waals surface area contributed by atoms with Crippen LogP contribution >= 0.6 is 0 Å². The van der Waals surface area contributed by atoms with Gasteiger partial charge in [0.15, 0.2) is 0 Å². The molecule has 17 heavy (non-hydrogen) atoms. The summed E-state index contributed by atoms with van der Waals surface area (Å²) >= 11 is 0. The van der Waals surface area contributed by atoms with E-state index < -0.39 is 0 Å². The highest BCUT2D eigenvalue weighted by Crippen LogP contribution is 2.39. The quantitative estimate of drug-likeness (QED) is 0.825. The first-order chi connectivity index (χ1) is 7.97. The summed E-state index contributed by atoms with van der Waals surface area (Å²) in [6, 6.07) is 6.86. The third-order valence-corrected chi connectivity index (χ3v) is 3.47. The molecule has 0 bridgehead atoms. The zero-order valence-corrected chi connectivity index (χ0v) is 11.2. The van der Waals surface area contributed by atoms with Crippen molar-refractivity contribution in [3.8, 4) is 0 Å². The molecule has 2 rings (SSSR count). The van der Waals surface area contributed by atoms with Crippen molar-refractivity contribution in [2.24, 2.45) is 5.73 Å². The first-order valence-corrected chi connectivity index (χ1v) is 6.32. The summed E-state index contributed by atoms with van der Waals surface area (Å²) < 4.78 is 0. The van der Waals surface area contributed by atoms with Gasteiger partial charge in [-0.3, -0.25) is 0 Å². The highest BCUT2D eigenvalue weighted by atomic mass is 15.3. The molecule has 0 aliphatic carbocycles. The molecule has 1 aliphatic heterocycles.